The van der Waals surface area contributed by atoms with Gasteiger partial charge in [0.05, 0.1) is 26.9 Å². The molecule has 0 aliphatic heterocycles. The van der Waals surface area contributed by atoms with Crippen molar-refractivity contribution in [3.8, 4) is 17.2 Å². The van der Waals surface area contributed by atoms with Gasteiger partial charge in [-0.15, -0.1) is 0 Å². The number of ether oxygens (including phenoxy) is 3. The van der Waals surface area contributed by atoms with Gasteiger partial charge in [0.15, 0.2) is 11.5 Å². The number of benzene rings is 1. The van der Waals surface area contributed by atoms with Gasteiger partial charge in [0, 0.05) is 6.54 Å². The van der Waals surface area contributed by atoms with E-state index in [4.69, 9.17) is 14.2 Å². The van der Waals surface area contributed by atoms with Crippen molar-refractivity contribution < 1.29 is 23.8 Å². The fourth-order valence-electron chi connectivity index (χ4n) is 2.02. The molecule has 7 nitrogen and oxygen atoms in total. The summed E-state index contributed by atoms with van der Waals surface area (Å²) in [6.45, 7) is 4.15. The Morgan fingerprint density at radius 1 is 1.09 bits per heavy atom. The van der Waals surface area contributed by atoms with Crippen LogP contribution in [-0.4, -0.2) is 45.7 Å². The molecule has 0 fully saturated rings. The molecule has 2 amide bonds. The molecule has 0 saturated heterocycles. The molecule has 7 heteroatoms. The number of rotatable bonds is 8. The Kier molecular flexibility index (Phi) is 7.18. The standard InChI is InChI=1S/C16H24N2O5/c1-6-9-17-15(19)10(2)18-16(20)11-7-8-12(21-3)14(23-5)13(11)22-4/h7-8,10H,6,9H2,1-5H3,(H,17,19)(H,18,20). The molecule has 0 aromatic heterocycles. The third-order valence-corrected chi connectivity index (χ3v) is 3.24. The number of methoxy groups -OCH3 is 3. The summed E-state index contributed by atoms with van der Waals surface area (Å²) >= 11 is 0. The second-order valence-electron chi connectivity index (χ2n) is 4.87. The van der Waals surface area contributed by atoms with Gasteiger partial charge in [-0.2, -0.15) is 0 Å². The molecule has 0 aliphatic rings. The van der Waals surface area contributed by atoms with Crippen molar-refractivity contribution in [3.05, 3.63) is 17.7 Å². The van der Waals surface area contributed by atoms with E-state index in [9.17, 15) is 9.59 Å². The summed E-state index contributed by atoms with van der Waals surface area (Å²) in [5.41, 5.74) is 0.264. The van der Waals surface area contributed by atoms with Crippen LogP contribution in [0.15, 0.2) is 12.1 Å². The van der Waals surface area contributed by atoms with Gasteiger partial charge in [0.1, 0.15) is 6.04 Å². The van der Waals surface area contributed by atoms with Crippen LogP contribution in [-0.2, 0) is 4.79 Å². The Bertz CT molecular complexity index is 560. The van der Waals surface area contributed by atoms with Crippen molar-refractivity contribution in [1.82, 2.24) is 10.6 Å². The van der Waals surface area contributed by atoms with E-state index >= 15 is 0 Å². The van der Waals surface area contributed by atoms with Gasteiger partial charge in [-0.05, 0) is 25.5 Å². The highest BCUT2D eigenvalue weighted by molar-refractivity contribution is 6.00. The van der Waals surface area contributed by atoms with Crippen LogP contribution in [0.1, 0.15) is 30.6 Å². The van der Waals surface area contributed by atoms with Crippen LogP contribution in [0.5, 0.6) is 17.2 Å². The third-order valence-electron chi connectivity index (χ3n) is 3.24. The summed E-state index contributed by atoms with van der Waals surface area (Å²) < 4.78 is 15.7. The van der Waals surface area contributed by atoms with Gasteiger partial charge in [-0.1, -0.05) is 6.92 Å². The van der Waals surface area contributed by atoms with Crippen LogP contribution in [0.3, 0.4) is 0 Å². The molecule has 2 N–H and O–H groups in total. The van der Waals surface area contributed by atoms with Crippen LogP contribution in [0.25, 0.3) is 0 Å². The number of nitrogens with one attached hydrogen (secondary N) is 2. The molecule has 0 saturated carbocycles. The van der Waals surface area contributed by atoms with Gasteiger partial charge in [0.2, 0.25) is 11.7 Å². The molecule has 1 aromatic carbocycles. The average molecular weight is 324 g/mol. The molecule has 1 aromatic rings. The molecule has 128 valence electrons. The first-order valence-electron chi connectivity index (χ1n) is 7.37. The lowest BCUT2D eigenvalue weighted by atomic mass is 10.1. The summed E-state index contributed by atoms with van der Waals surface area (Å²) in [7, 11) is 4.39. The van der Waals surface area contributed by atoms with Crippen LogP contribution in [0.2, 0.25) is 0 Å². The van der Waals surface area contributed by atoms with E-state index < -0.39 is 11.9 Å². The Labute approximate surface area is 136 Å². The molecule has 0 spiro atoms. The second-order valence-corrected chi connectivity index (χ2v) is 4.87. The molecule has 1 atom stereocenters. The number of hydrogen-bond acceptors (Lipinski definition) is 5. The summed E-state index contributed by atoms with van der Waals surface area (Å²) in [5, 5.41) is 5.37. The Balaban J connectivity index is 2.97. The molecule has 1 rings (SSSR count). The molecule has 0 heterocycles. The van der Waals surface area contributed by atoms with Crippen molar-refractivity contribution in [2.75, 3.05) is 27.9 Å². The SMILES string of the molecule is CCCNC(=O)C(C)NC(=O)c1ccc(OC)c(OC)c1OC. The lowest BCUT2D eigenvalue weighted by Gasteiger charge is -2.17. The first-order valence-corrected chi connectivity index (χ1v) is 7.37. The van der Waals surface area contributed by atoms with Crippen molar-refractivity contribution in [2.45, 2.75) is 26.3 Å². The maximum Gasteiger partial charge on any atom is 0.255 e. The van der Waals surface area contributed by atoms with Crippen molar-refractivity contribution in [2.24, 2.45) is 0 Å². The molecular weight excluding hydrogens is 300 g/mol. The van der Waals surface area contributed by atoms with Crippen molar-refractivity contribution in [1.29, 1.82) is 0 Å². The van der Waals surface area contributed by atoms with Crippen LogP contribution in [0, 0.1) is 0 Å². The first-order chi connectivity index (χ1) is 11.0. The largest absolute Gasteiger partial charge is 0.493 e. The average Bonchev–Trinajstić information content (AvgIpc) is 2.57. The number of amides is 2. The number of carbonyl (C=O) groups excluding carboxylic acids is 2. The van der Waals surface area contributed by atoms with E-state index in [1.165, 1.54) is 21.3 Å². The lowest BCUT2D eigenvalue weighted by molar-refractivity contribution is -0.122. The zero-order chi connectivity index (χ0) is 17.4. The van der Waals surface area contributed by atoms with E-state index in [1.54, 1.807) is 19.1 Å². The van der Waals surface area contributed by atoms with E-state index in [0.717, 1.165) is 6.42 Å². The van der Waals surface area contributed by atoms with Crippen LogP contribution < -0.4 is 24.8 Å². The summed E-state index contributed by atoms with van der Waals surface area (Å²) in [5.74, 6) is 0.368. The first kappa shape index (κ1) is 18.6. The van der Waals surface area contributed by atoms with Crippen molar-refractivity contribution in [3.63, 3.8) is 0 Å². The van der Waals surface area contributed by atoms with Crippen LogP contribution >= 0.6 is 0 Å². The maximum atomic E-state index is 12.4. The smallest absolute Gasteiger partial charge is 0.255 e. The van der Waals surface area contributed by atoms with Crippen LogP contribution in [0.4, 0.5) is 0 Å². The summed E-state index contributed by atoms with van der Waals surface area (Å²) in [4.78, 5) is 24.3. The fourth-order valence-corrected chi connectivity index (χ4v) is 2.02. The van der Waals surface area contributed by atoms with Crippen molar-refractivity contribution >= 4 is 11.8 Å². The summed E-state index contributed by atoms with van der Waals surface area (Å²) in [6.07, 6.45) is 0.829. The van der Waals surface area contributed by atoms with Gasteiger partial charge in [0.25, 0.3) is 5.91 Å². The highest BCUT2D eigenvalue weighted by Crippen LogP contribution is 2.39. The molecule has 0 bridgehead atoms. The van der Waals surface area contributed by atoms with E-state index in [1.807, 2.05) is 6.92 Å². The van der Waals surface area contributed by atoms with E-state index in [0.29, 0.717) is 18.0 Å². The molecule has 0 radical (unpaired) electrons. The Morgan fingerprint density at radius 3 is 2.26 bits per heavy atom. The molecule has 23 heavy (non-hydrogen) atoms. The van der Waals surface area contributed by atoms with E-state index in [-0.39, 0.29) is 17.2 Å². The Hall–Kier alpha value is -2.44. The van der Waals surface area contributed by atoms with Gasteiger partial charge in [-0.3, -0.25) is 9.59 Å². The highest BCUT2D eigenvalue weighted by Gasteiger charge is 2.23. The minimum absolute atomic E-state index is 0.236. The normalized spacial score (nSPS) is 11.3. The Morgan fingerprint density at radius 2 is 1.74 bits per heavy atom. The second kappa shape index (κ2) is 8.87. The minimum Gasteiger partial charge on any atom is -0.493 e. The van der Waals surface area contributed by atoms with E-state index in [2.05, 4.69) is 10.6 Å². The molecule has 1 unspecified atom stereocenters. The predicted octanol–water partition coefficient (Wildman–Crippen LogP) is 1.36. The zero-order valence-electron chi connectivity index (χ0n) is 14.2. The highest BCUT2D eigenvalue weighted by atomic mass is 16.5. The summed E-state index contributed by atoms with van der Waals surface area (Å²) in [6, 6.07) is 2.51. The van der Waals surface area contributed by atoms with Gasteiger partial charge in [-0.25, -0.2) is 0 Å². The monoisotopic (exact) mass is 324 g/mol. The third kappa shape index (κ3) is 4.51. The number of hydrogen-bond donors (Lipinski definition) is 2. The fraction of sp³-hybridized carbons (Fsp3) is 0.500. The molecule has 0 aliphatic carbocycles. The lowest BCUT2D eigenvalue weighted by Crippen LogP contribution is -2.45. The minimum atomic E-state index is -0.660. The topological polar surface area (TPSA) is 85.9 Å². The zero-order valence-corrected chi connectivity index (χ0v) is 14.2. The molecular formula is C16H24N2O5. The predicted molar refractivity (Wildman–Crippen MR) is 86.3 cm³/mol. The number of carbonyl (C=O) groups is 2. The quantitative estimate of drug-likeness (QED) is 0.754. The van der Waals surface area contributed by atoms with Gasteiger partial charge >= 0.3 is 0 Å². The van der Waals surface area contributed by atoms with Gasteiger partial charge < -0.3 is 24.8 Å². The maximum absolute atomic E-state index is 12.4.